The average molecular weight is 554 g/mol. The molecule has 3 heterocycles. The fourth-order valence-electron chi connectivity index (χ4n) is 4.32. The fraction of sp³-hybridized carbons (Fsp3) is 0.296. The molecule has 2 aromatic carbocycles. The predicted octanol–water partition coefficient (Wildman–Crippen LogP) is 4.96. The van der Waals surface area contributed by atoms with Crippen LogP contribution in [-0.4, -0.2) is 57.5 Å². The molecule has 2 aliphatic rings. The van der Waals surface area contributed by atoms with E-state index in [9.17, 15) is 13.2 Å². The highest BCUT2D eigenvalue weighted by molar-refractivity contribution is 8.26. The van der Waals surface area contributed by atoms with E-state index in [0.717, 1.165) is 22.6 Å². The second kappa shape index (κ2) is 10.4. The van der Waals surface area contributed by atoms with E-state index in [-0.39, 0.29) is 17.4 Å². The van der Waals surface area contributed by atoms with Gasteiger partial charge < -0.3 is 4.74 Å². The van der Waals surface area contributed by atoms with Gasteiger partial charge in [0.15, 0.2) is 9.84 Å². The molecule has 1 aromatic heterocycles. The lowest BCUT2D eigenvalue weighted by molar-refractivity contribution is -0.123. The summed E-state index contributed by atoms with van der Waals surface area (Å²) in [6.45, 7) is 4.84. The number of thioether (sulfide) groups is 1. The molecule has 7 nitrogen and oxygen atoms in total. The van der Waals surface area contributed by atoms with E-state index in [1.807, 2.05) is 60.8 Å². The molecule has 5 rings (SSSR count). The molecule has 10 heteroatoms. The molecule has 3 aromatic rings. The first-order valence-electron chi connectivity index (χ1n) is 12.1. The molecule has 0 N–H and O–H groups in total. The van der Waals surface area contributed by atoms with Gasteiger partial charge in [0.25, 0.3) is 5.91 Å². The number of amides is 1. The molecule has 0 spiro atoms. The summed E-state index contributed by atoms with van der Waals surface area (Å²) in [4.78, 5) is 15.3. The molecule has 0 aliphatic carbocycles. The lowest BCUT2D eigenvalue weighted by Gasteiger charge is -2.20. The van der Waals surface area contributed by atoms with Gasteiger partial charge in [0.1, 0.15) is 10.1 Å². The van der Waals surface area contributed by atoms with Crippen molar-refractivity contribution in [1.82, 2.24) is 14.7 Å². The number of hydrogen-bond donors (Lipinski definition) is 0. The van der Waals surface area contributed by atoms with Gasteiger partial charge in [-0.25, -0.2) is 13.1 Å². The molecule has 2 aliphatic heterocycles. The lowest BCUT2D eigenvalue weighted by Crippen LogP contribution is -2.39. The Morgan fingerprint density at radius 3 is 2.54 bits per heavy atom. The van der Waals surface area contributed by atoms with Crippen LogP contribution in [0.25, 0.3) is 23.0 Å². The minimum absolute atomic E-state index is 0.0465. The molecular weight excluding hydrogens is 527 g/mol. The lowest BCUT2D eigenvalue weighted by atomic mass is 10.1. The van der Waals surface area contributed by atoms with Crippen molar-refractivity contribution in [3.63, 3.8) is 0 Å². The van der Waals surface area contributed by atoms with Crippen LogP contribution in [0, 0.1) is 5.92 Å². The van der Waals surface area contributed by atoms with Crippen LogP contribution in [0.2, 0.25) is 0 Å². The maximum atomic E-state index is 13.3. The van der Waals surface area contributed by atoms with Crippen molar-refractivity contribution in [2.24, 2.45) is 5.92 Å². The highest BCUT2D eigenvalue weighted by atomic mass is 32.2. The van der Waals surface area contributed by atoms with E-state index in [1.165, 1.54) is 16.7 Å². The van der Waals surface area contributed by atoms with Crippen LogP contribution in [-0.2, 0) is 14.6 Å². The number of benzene rings is 2. The summed E-state index contributed by atoms with van der Waals surface area (Å²) in [7, 11) is -3.14. The van der Waals surface area contributed by atoms with Crippen LogP contribution in [0.4, 0.5) is 0 Å². The summed E-state index contributed by atoms with van der Waals surface area (Å²) in [5, 5.41) is 4.84. The smallest absolute Gasteiger partial charge is 0.266 e. The van der Waals surface area contributed by atoms with Crippen LogP contribution in [0.15, 0.2) is 65.7 Å². The molecule has 0 bridgehead atoms. The number of carbonyl (C=O) groups excluding carboxylic acids is 1. The SMILES string of the molecule is CC(C)COc1ccc(-c2nn(-c3ccccc3)cc2C=C2SC(=S)N(C3CCS(=O)(=O)C3)C2=O)cc1. The van der Waals surface area contributed by atoms with Crippen LogP contribution >= 0.6 is 24.0 Å². The number of thiocarbonyl (C=S) groups is 1. The molecule has 1 unspecified atom stereocenters. The Morgan fingerprint density at radius 1 is 1.16 bits per heavy atom. The van der Waals surface area contributed by atoms with Gasteiger partial charge in [0.2, 0.25) is 0 Å². The van der Waals surface area contributed by atoms with Crippen molar-refractivity contribution in [2.75, 3.05) is 18.1 Å². The van der Waals surface area contributed by atoms with Crippen molar-refractivity contribution < 1.29 is 17.9 Å². The van der Waals surface area contributed by atoms with E-state index in [1.54, 1.807) is 10.8 Å². The molecule has 0 radical (unpaired) electrons. The van der Waals surface area contributed by atoms with Crippen molar-refractivity contribution >= 4 is 50.1 Å². The Morgan fingerprint density at radius 2 is 1.89 bits per heavy atom. The van der Waals surface area contributed by atoms with Gasteiger partial charge in [0.05, 0.1) is 40.4 Å². The Labute approximate surface area is 226 Å². The van der Waals surface area contributed by atoms with Crippen LogP contribution in [0.1, 0.15) is 25.8 Å². The summed E-state index contributed by atoms with van der Waals surface area (Å²) in [6.07, 6.45) is 4.10. The number of aromatic nitrogens is 2. The van der Waals surface area contributed by atoms with E-state index in [4.69, 9.17) is 22.1 Å². The number of para-hydroxylation sites is 1. The summed E-state index contributed by atoms with van der Waals surface area (Å²) < 4.78 is 32.0. The van der Waals surface area contributed by atoms with Gasteiger partial charge >= 0.3 is 0 Å². The van der Waals surface area contributed by atoms with Gasteiger partial charge in [-0.1, -0.05) is 56.0 Å². The minimum atomic E-state index is -3.14. The maximum absolute atomic E-state index is 13.3. The number of hydrogen-bond acceptors (Lipinski definition) is 7. The summed E-state index contributed by atoms with van der Waals surface area (Å²) >= 11 is 6.69. The normalized spacial score (nSPS) is 20.4. The molecule has 1 atom stereocenters. The average Bonchev–Trinajstić information content (AvgIpc) is 3.53. The Balaban J connectivity index is 1.49. The summed E-state index contributed by atoms with van der Waals surface area (Å²) in [5.74, 6) is 0.992. The Kier molecular flexibility index (Phi) is 7.24. The van der Waals surface area contributed by atoms with E-state index >= 15 is 0 Å². The second-order valence-electron chi connectivity index (χ2n) is 9.55. The van der Waals surface area contributed by atoms with E-state index in [0.29, 0.717) is 33.9 Å². The predicted molar refractivity (Wildman–Crippen MR) is 151 cm³/mol. The third-order valence-corrected chi connectivity index (χ3v) is 9.24. The standard InChI is InChI=1S/C27H27N3O4S3/c1-18(2)16-34-23-10-8-19(9-11-23)25-20(15-29(28-25)21-6-4-3-5-7-21)14-24-26(31)30(27(35)36-24)22-12-13-37(32,33)17-22/h3-11,14-15,18,22H,12-13,16-17H2,1-2H3. The first-order valence-corrected chi connectivity index (χ1v) is 15.1. The number of rotatable bonds is 7. The van der Waals surface area contributed by atoms with Gasteiger partial charge in [-0.05, 0) is 54.8 Å². The molecule has 37 heavy (non-hydrogen) atoms. The van der Waals surface area contributed by atoms with E-state index < -0.39 is 15.9 Å². The Hall–Kier alpha value is -2.95. The third kappa shape index (κ3) is 5.66. The van der Waals surface area contributed by atoms with Gasteiger partial charge in [-0.3, -0.25) is 9.69 Å². The molecule has 0 saturated carbocycles. The van der Waals surface area contributed by atoms with Crippen LogP contribution < -0.4 is 4.74 Å². The Bertz CT molecular complexity index is 1460. The minimum Gasteiger partial charge on any atom is -0.493 e. The van der Waals surface area contributed by atoms with Crippen LogP contribution in [0.3, 0.4) is 0 Å². The van der Waals surface area contributed by atoms with E-state index in [2.05, 4.69) is 13.8 Å². The van der Waals surface area contributed by atoms with Crippen molar-refractivity contribution in [2.45, 2.75) is 26.3 Å². The second-order valence-corrected chi connectivity index (χ2v) is 13.5. The zero-order valence-corrected chi connectivity index (χ0v) is 23.0. The summed E-state index contributed by atoms with van der Waals surface area (Å²) in [6, 6.07) is 17.1. The highest BCUT2D eigenvalue weighted by Crippen LogP contribution is 2.38. The molecule has 1 amide bonds. The number of sulfone groups is 1. The number of carbonyl (C=O) groups is 1. The topological polar surface area (TPSA) is 81.5 Å². The number of ether oxygens (including phenoxy) is 1. The monoisotopic (exact) mass is 553 g/mol. The molecule has 192 valence electrons. The quantitative estimate of drug-likeness (QED) is 0.302. The van der Waals surface area contributed by atoms with Crippen LogP contribution in [0.5, 0.6) is 5.75 Å². The van der Waals surface area contributed by atoms with Crippen molar-refractivity contribution in [1.29, 1.82) is 0 Å². The van der Waals surface area contributed by atoms with Crippen molar-refractivity contribution in [3.8, 4) is 22.7 Å². The molecular formula is C27H27N3O4S3. The maximum Gasteiger partial charge on any atom is 0.266 e. The van der Waals surface area contributed by atoms with Gasteiger partial charge in [-0.15, -0.1) is 0 Å². The molecule has 2 fully saturated rings. The third-order valence-electron chi connectivity index (χ3n) is 6.16. The highest BCUT2D eigenvalue weighted by Gasteiger charge is 2.42. The largest absolute Gasteiger partial charge is 0.493 e. The molecule has 2 saturated heterocycles. The zero-order valence-electron chi connectivity index (χ0n) is 20.5. The number of nitrogens with zero attached hydrogens (tertiary/aromatic N) is 3. The van der Waals surface area contributed by atoms with Crippen molar-refractivity contribution in [3.05, 3.63) is 71.3 Å². The van der Waals surface area contributed by atoms with Gasteiger partial charge in [-0.2, -0.15) is 5.10 Å². The first-order chi connectivity index (χ1) is 17.7. The first kappa shape index (κ1) is 25.7. The zero-order chi connectivity index (χ0) is 26.2. The fourth-order valence-corrected chi connectivity index (χ4v) is 7.41. The van der Waals surface area contributed by atoms with Gasteiger partial charge in [0, 0.05) is 17.3 Å². The summed E-state index contributed by atoms with van der Waals surface area (Å²) in [5.41, 5.74) is 3.26.